The molecular formula is C18H15NO5. The molecule has 24 heavy (non-hydrogen) atoms. The van der Waals surface area contributed by atoms with Crippen LogP contribution < -0.4 is 19.1 Å². The van der Waals surface area contributed by atoms with Crippen LogP contribution in [0.25, 0.3) is 0 Å². The van der Waals surface area contributed by atoms with Gasteiger partial charge >= 0.3 is 0 Å². The summed E-state index contributed by atoms with van der Waals surface area (Å²) in [4.78, 5) is 26.0. The van der Waals surface area contributed by atoms with Gasteiger partial charge in [0.15, 0.2) is 17.6 Å². The van der Waals surface area contributed by atoms with Crippen molar-refractivity contribution in [3.63, 3.8) is 0 Å². The first-order valence-corrected chi connectivity index (χ1v) is 7.60. The van der Waals surface area contributed by atoms with Crippen LogP contribution in [0, 0.1) is 0 Å². The summed E-state index contributed by atoms with van der Waals surface area (Å²) >= 11 is 0. The fourth-order valence-corrected chi connectivity index (χ4v) is 2.94. The Labute approximate surface area is 138 Å². The number of rotatable bonds is 3. The molecule has 6 heteroatoms. The van der Waals surface area contributed by atoms with Crippen LogP contribution in [0.1, 0.15) is 10.4 Å². The number of anilines is 1. The third kappa shape index (κ3) is 2.27. The summed E-state index contributed by atoms with van der Waals surface area (Å²) < 4.78 is 16.7. The average molecular weight is 325 g/mol. The molecule has 2 aliphatic rings. The van der Waals surface area contributed by atoms with E-state index in [1.54, 1.807) is 18.2 Å². The van der Waals surface area contributed by atoms with Crippen LogP contribution in [0.4, 0.5) is 5.69 Å². The Morgan fingerprint density at radius 3 is 2.75 bits per heavy atom. The molecule has 6 nitrogen and oxygen atoms in total. The molecule has 1 atom stereocenters. The first-order chi connectivity index (χ1) is 11.7. The van der Waals surface area contributed by atoms with E-state index in [0.717, 1.165) is 0 Å². The molecule has 2 aromatic carbocycles. The minimum atomic E-state index is -0.555. The second-order valence-electron chi connectivity index (χ2n) is 5.63. The maximum Gasteiger partial charge on any atom is 0.299 e. The van der Waals surface area contributed by atoms with Crippen molar-refractivity contribution in [2.45, 2.75) is 6.10 Å². The topological polar surface area (TPSA) is 65.1 Å². The second kappa shape index (κ2) is 5.56. The molecule has 0 spiro atoms. The summed E-state index contributed by atoms with van der Waals surface area (Å²) in [7, 11) is 1.52. The number of ether oxygens (including phenoxy) is 3. The Balaban J connectivity index is 1.58. The van der Waals surface area contributed by atoms with Gasteiger partial charge in [-0.2, -0.15) is 0 Å². The Hall–Kier alpha value is -3.02. The molecule has 122 valence electrons. The summed E-state index contributed by atoms with van der Waals surface area (Å²) in [5.41, 5.74) is 0.935. The smallest absolute Gasteiger partial charge is 0.299 e. The number of Topliss-reactive ketones (excluding diaryl/α,β-unsaturated/α-hetero) is 1. The number of carbonyl (C=O) groups is 2. The molecule has 2 aliphatic heterocycles. The van der Waals surface area contributed by atoms with Gasteiger partial charge in [-0.1, -0.05) is 12.1 Å². The number of fused-ring (bicyclic) bond motifs is 2. The lowest BCUT2D eigenvalue weighted by atomic mass is 10.1. The quantitative estimate of drug-likeness (QED) is 0.808. The molecule has 0 fully saturated rings. The molecule has 0 radical (unpaired) electrons. The third-order valence-electron chi connectivity index (χ3n) is 4.13. The lowest BCUT2D eigenvalue weighted by molar-refractivity contribution is -0.114. The van der Waals surface area contributed by atoms with Crippen molar-refractivity contribution < 1.29 is 23.8 Å². The zero-order valence-electron chi connectivity index (χ0n) is 13.0. The number of hydrogen-bond acceptors (Lipinski definition) is 5. The van der Waals surface area contributed by atoms with E-state index < -0.39 is 11.7 Å². The standard InChI is InChI=1S/C18H15NO5/c1-22-11-6-7-14-13(8-11)17(20)18(21)19(14)9-12-10-23-15-4-2-3-5-16(15)24-12/h2-8,12H,9-10H2,1H3/t12-/m0/s1. The van der Waals surface area contributed by atoms with Crippen LogP contribution in [-0.2, 0) is 4.79 Å². The highest BCUT2D eigenvalue weighted by molar-refractivity contribution is 6.52. The van der Waals surface area contributed by atoms with E-state index in [-0.39, 0.29) is 12.6 Å². The average Bonchev–Trinajstić information content (AvgIpc) is 2.86. The van der Waals surface area contributed by atoms with Gasteiger partial charge in [-0.05, 0) is 30.3 Å². The number of hydrogen-bond donors (Lipinski definition) is 0. The SMILES string of the molecule is COc1ccc2c(c1)C(=O)C(=O)N2C[C@H]1COc2ccccc2O1. The fourth-order valence-electron chi connectivity index (χ4n) is 2.94. The molecule has 0 aromatic heterocycles. The number of methoxy groups -OCH3 is 1. The highest BCUT2D eigenvalue weighted by atomic mass is 16.6. The van der Waals surface area contributed by atoms with Crippen molar-refractivity contribution >= 4 is 17.4 Å². The van der Waals surface area contributed by atoms with E-state index in [1.807, 2.05) is 24.3 Å². The predicted molar refractivity (Wildman–Crippen MR) is 86.0 cm³/mol. The minimum absolute atomic E-state index is 0.248. The Morgan fingerprint density at radius 2 is 1.96 bits per heavy atom. The van der Waals surface area contributed by atoms with E-state index in [0.29, 0.717) is 35.1 Å². The number of nitrogens with zero attached hydrogens (tertiary/aromatic N) is 1. The monoisotopic (exact) mass is 325 g/mol. The van der Waals surface area contributed by atoms with Crippen LogP contribution in [0.2, 0.25) is 0 Å². The zero-order chi connectivity index (χ0) is 16.7. The van der Waals surface area contributed by atoms with E-state index in [2.05, 4.69) is 0 Å². The van der Waals surface area contributed by atoms with Gasteiger partial charge in [0.2, 0.25) is 0 Å². The van der Waals surface area contributed by atoms with Crippen LogP contribution in [0.15, 0.2) is 42.5 Å². The Bertz CT molecular complexity index is 832. The molecule has 2 aromatic rings. The normalized spacial score (nSPS) is 18.5. The third-order valence-corrected chi connectivity index (χ3v) is 4.13. The molecule has 0 aliphatic carbocycles. The number of benzene rings is 2. The first kappa shape index (κ1) is 14.6. The molecule has 0 saturated heterocycles. The van der Waals surface area contributed by atoms with E-state index in [1.165, 1.54) is 12.0 Å². The lowest BCUT2D eigenvalue weighted by Gasteiger charge is -2.29. The van der Waals surface area contributed by atoms with Crippen LogP contribution in [-0.4, -0.2) is 38.1 Å². The highest BCUT2D eigenvalue weighted by Gasteiger charge is 2.38. The number of para-hydroxylation sites is 2. The molecule has 0 bridgehead atoms. The van der Waals surface area contributed by atoms with E-state index >= 15 is 0 Å². The van der Waals surface area contributed by atoms with Gasteiger partial charge < -0.3 is 19.1 Å². The van der Waals surface area contributed by atoms with Crippen molar-refractivity contribution in [1.29, 1.82) is 0 Å². The molecule has 1 amide bonds. The summed E-state index contributed by atoms with van der Waals surface area (Å²) in [6.07, 6.45) is -0.343. The van der Waals surface area contributed by atoms with Gasteiger partial charge in [0.25, 0.3) is 11.7 Å². The largest absolute Gasteiger partial charge is 0.497 e. The van der Waals surface area contributed by atoms with Gasteiger partial charge in [0.1, 0.15) is 12.4 Å². The molecule has 0 unspecified atom stereocenters. The maximum atomic E-state index is 12.3. The van der Waals surface area contributed by atoms with Gasteiger partial charge in [-0.25, -0.2) is 0 Å². The van der Waals surface area contributed by atoms with Crippen LogP contribution in [0.3, 0.4) is 0 Å². The summed E-state index contributed by atoms with van der Waals surface area (Å²) in [5.74, 6) is 0.786. The maximum absolute atomic E-state index is 12.3. The van der Waals surface area contributed by atoms with Crippen molar-refractivity contribution in [3.8, 4) is 17.2 Å². The summed E-state index contributed by atoms with van der Waals surface area (Å²) in [5, 5.41) is 0. The summed E-state index contributed by atoms with van der Waals surface area (Å²) in [6, 6.07) is 12.4. The lowest BCUT2D eigenvalue weighted by Crippen LogP contribution is -2.43. The molecular weight excluding hydrogens is 310 g/mol. The molecule has 0 saturated carbocycles. The van der Waals surface area contributed by atoms with Gasteiger partial charge in [-0.15, -0.1) is 0 Å². The molecule has 4 rings (SSSR count). The predicted octanol–water partition coefficient (Wildman–Crippen LogP) is 2.06. The molecule has 2 heterocycles. The fraction of sp³-hybridized carbons (Fsp3) is 0.222. The van der Waals surface area contributed by atoms with E-state index in [9.17, 15) is 9.59 Å². The van der Waals surface area contributed by atoms with Crippen molar-refractivity contribution in [3.05, 3.63) is 48.0 Å². The number of ketones is 1. The zero-order valence-corrected chi connectivity index (χ0v) is 13.0. The summed E-state index contributed by atoms with van der Waals surface area (Å²) in [6.45, 7) is 0.568. The van der Waals surface area contributed by atoms with Gasteiger partial charge in [-0.3, -0.25) is 9.59 Å². The molecule has 0 N–H and O–H groups in total. The minimum Gasteiger partial charge on any atom is -0.497 e. The highest BCUT2D eigenvalue weighted by Crippen LogP contribution is 2.34. The van der Waals surface area contributed by atoms with Gasteiger partial charge in [0, 0.05) is 0 Å². The van der Waals surface area contributed by atoms with Gasteiger partial charge in [0.05, 0.1) is 24.9 Å². The second-order valence-corrected chi connectivity index (χ2v) is 5.63. The van der Waals surface area contributed by atoms with Crippen LogP contribution in [0.5, 0.6) is 17.2 Å². The Kier molecular flexibility index (Phi) is 3.37. The number of carbonyl (C=O) groups excluding carboxylic acids is 2. The first-order valence-electron chi connectivity index (χ1n) is 7.60. The Morgan fingerprint density at radius 1 is 1.17 bits per heavy atom. The number of amides is 1. The van der Waals surface area contributed by atoms with Crippen molar-refractivity contribution in [2.75, 3.05) is 25.2 Å². The van der Waals surface area contributed by atoms with Crippen LogP contribution >= 0.6 is 0 Å². The van der Waals surface area contributed by atoms with Crippen molar-refractivity contribution in [2.24, 2.45) is 0 Å². The van der Waals surface area contributed by atoms with E-state index in [4.69, 9.17) is 14.2 Å². The van der Waals surface area contributed by atoms with Crippen molar-refractivity contribution in [1.82, 2.24) is 0 Å².